The molecule has 0 radical (unpaired) electrons. The molecule has 2 aromatic rings. The van der Waals surface area contributed by atoms with Crippen LogP contribution in [-0.4, -0.2) is 31.7 Å². The molecule has 0 saturated carbocycles. The number of nitrogens with one attached hydrogen (secondary N) is 1. The highest BCUT2D eigenvalue weighted by Crippen LogP contribution is 2.04. The van der Waals surface area contributed by atoms with Gasteiger partial charge in [0.15, 0.2) is 0 Å². The summed E-state index contributed by atoms with van der Waals surface area (Å²) < 4.78 is 1.18. The van der Waals surface area contributed by atoms with Crippen LogP contribution >= 0.6 is 0 Å². The fraction of sp³-hybridized carbons (Fsp3) is 0. The van der Waals surface area contributed by atoms with Crippen molar-refractivity contribution in [3.63, 3.8) is 0 Å². The maximum atomic E-state index is 11.7. The van der Waals surface area contributed by atoms with Crippen LogP contribution < -0.4 is 10.5 Å². The van der Waals surface area contributed by atoms with Crippen LogP contribution in [0.15, 0.2) is 31.0 Å². The molecule has 0 atom stereocenters. The van der Waals surface area contributed by atoms with Gasteiger partial charge >= 0.3 is 0 Å². The Labute approximate surface area is 94.9 Å². The summed E-state index contributed by atoms with van der Waals surface area (Å²) in [5.74, 6) is -2.16. The number of hydrogen-bond acceptors (Lipinski definition) is 6. The average molecular weight is 232 g/mol. The number of aromatic carboxylic acids is 1. The van der Waals surface area contributed by atoms with E-state index in [4.69, 9.17) is 0 Å². The van der Waals surface area contributed by atoms with Crippen molar-refractivity contribution in [1.82, 2.24) is 19.9 Å². The topological polar surface area (TPSA) is 113 Å². The number of rotatable bonds is 3. The van der Waals surface area contributed by atoms with Gasteiger partial charge in [-0.15, -0.1) is 10.2 Å². The van der Waals surface area contributed by atoms with Gasteiger partial charge in [-0.25, -0.2) is 4.68 Å². The number of amides is 1. The standard InChI is InChI=1S/C9H7N5O3/c15-8(13-14-4-11-12-5-14)7-6(9(16)17)2-1-3-10-7/h1-5H,(H,13,15)(H,16,17)/p-1. The zero-order chi connectivity index (χ0) is 12.3. The van der Waals surface area contributed by atoms with Gasteiger partial charge in [-0.2, -0.15) is 0 Å². The third-order valence-electron chi connectivity index (χ3n) is 1.89. The maximum absolute atomic E-state index is 11.7. The third kappa shape index (κ3) is 2.25. The Balaban J connectivity index is 2.28. The number of nitrogens with zero attached hydrogens (tertiary/aromatic N) is 4. The van der Waals surface area contributed by atoms with Gasteiger partial charge in [0.1, 0.15) is 18.3 Å². The van der Waals surface area contributed by atoms with Crippen molar-refractivity contribution >= 4 is 11.9 Å². The number of carbonyl (C=O) groups is 2. The highest BCUT2D eigenvalue weighted by Gasteiger charge is 2.13. The van der Waals surface area contributed by atoms with Crippen molar-refractivity contribution < 1.29 is 14.7 Å². The molecule has 0 saturated heterocycles. The lowest BCUT2D eigenvalue weighted by molar-refractivity contribution is -0.255. The molecule has 0 aromatic carbocycles. The summed E-state index contributed by atoms with van der Waals surface area (Å²) in [5.41, 5.74) is 1.82. The van der Waals surface area contributed by atoms with E-state index < -0.39 is 11.9 Å². The number of pyridine rings is 1. The summed E-state index contributed by atoms with van der Waals surface area (Å²) in [6, 6.07) is 2.64. The average Bonchev–Trinajstić information content (AvgIpc) is 2.81. The van der Waals surface area contributed by atoms with E-state index in [1.54, 1.807) is 0 Å². The maximum Gasteiger partial charge on any atom is 0.289 e. The Morgan fingerprint density at radius 2 is 2.00 bits per heavy atom. The van der Waals surface area contributed by atoms with E-state index in [-0.39, 0.29) is 11.3 Å². The first-order chi connectivity index (χ1) is 8.18. The number of carbonyl (C=O) groups excluding carboxylic acids is 2. The molecule has 0 spiro atoms. The monoisotopic (exact) mass is 232 g/mol. The lowest BCUT2D eigenvalue weighted by atomic mass is 10.2. The zero-order valence-corrected chi connectivity index (χ0v) is 8.40. The van der Waals surface area contributed by atoms with Gasteiger partial charge in [0, 0.05) is 11.8 Å². The molecule has 8 nitrogen and oxygen atoms in total. The van der Waals surface area contributed by atoms with Gasteiger partial charge in [0.25, 0.3) is 5.91 Å². The minimum absolute atomic E-state index is 0.235. The normalized spacial score (nSPS) is 9.88. The molecule has 0 fully saturated rings. The van der Waals surface area contributed by atoms with Gasteiger partial charge < -0.3 is 9.90 Å². The summed E-state index contributed by atoms with van der Waals surface area (Å²) in [5, 5.41) is 17.7. The number of carboxylic acids is 1. The van der Waals surface area contributed by atoms with Gasteiger partial charge in [-0.05, 0) is 12.1 Å². The summed E-state index contributed by atoms with van der Waals surface area (Å²) in [4.78, 5) is 26.2. The third-order valence-corrected chi connectivity index (χ3v) is 1.89. The first-order valence-corrected chi connectivity index (χ1v) is 4.51. The van der Waals surface area contributed by atoms with E-state index in [2.05, 4.69) is 20.6 Å². The first-order valence-electron chi connectivity index (χ1n) is 4.51. The second-order valence-corrected chi connectivity index (χ2v) is 3.00. The second-order valence-electron chi connectivity index (χ2n) is 3.00. The molecule has 86 valence electrons. The van der Waals surface area contributed by atoms with E-state index in [1.807, 2.05) is 0 Å². The lowest BCUT2D eigenvalue weighted by Gasteiger charge is -2.09. The Morgan fingerprint density at radius 3 is 2.65 bits per heavy atom. The van der Waals surface area contributed by atoms with Crippen molar-refractivity contribution in [3.8, 4) is 0 Å². The summed E-state index contributed by atoms with van der Waals surface area (Å²) in [6.07, 6.45) is 3.81. The summed E-state index contributed by atoms with van der Waals surface area (Å²) in [7, 11) is 0. The summed E-state index contributed by atoms with van der Waals surface area (Å²) in [6.45, 7) is 0. The Bertz CT molecular complexity index is 552. The fourth-order valence-electron chi connectivity index (χ4n) is 1.18. The highest BCUT2D eigenvalue weighted by molar-refractivity contribution is 6.06. The largest absolute Gasteiger partial charge is 0.545 e. The molecular weight excluding hydrogens is 226 g/mol. The molecule has 1 N–H and O–H groups in total. The van der Waals surface area contributed by atoms with Crippen LogP contribution in [-0.2, 0) is 0 Å². The molecule has 1 amide bonds. The van der Waals surface area contributed by atoms with Crippen LogP contribution in [0.25, 0.3) is 0 Å². The number of carboxylic acid groups (broad SMARTS) is 1. The minimum Gasteiger partial charge on any atom is -0.545 e. The molecule has 0 aliphatic heterocycles. The molecule has 2 heterocycles. The van der Waals surface area contributed by atoms with Crippen LogP contribution in [0.4, 0.5) is 0 Å². The van der Waals surface area contributed by atoms with E-state index in [0.29, 0.717) is 0 Å². The van der Waals surface area contributed by atoms with Crippen molar-refractivity contribution in [2.24, 2.45) is 0 Å². The Kier molecular flexibility index (Phi) is 2.77. The van der Waals surface area contributed by atoms with Crippen LogP contribution in [0.1, 0.15) is 20.8 Å². The van der Waals surface area contributed by atoms with Crippen molar-refractivity contribution in [3.05, 3.63) is 42.2 Å². The minimum atomic E-state index is -1.47. The molecule has 2 aromatic heterocycles. The summed E-state index contributed by atoms with van der Waals surface area (Å²) >= 11 is 0. The molecule has 0 aliphatic rings. The number of hydrogen-bond donors (Lipinski definition) is 1. The number of aromatic nitrogens is 4. The molecule has 0 unspecified atom stereocenters. The Morgan fingerprint density at radius 1 is 1.29 bits per heavy atom. The smallest absolute Gasteiger partial charge is 0.289 e. The molecule has 8 heteroatoms. The van der Waals surface area contributed by atoms with E-state index in [9.17, 15) is 14.7 Å². The predicted molar refractivity (Wildman–Crippen MR) is 52.3 cm³/mol. The van der Waals surface area contributed by atoms with E-state index in [1.165, 1.54) is 35.7 Å². The van der Waals surface area contributed by atoms with Crippen molar-refractivity contribution in [2.45, 2.75) is 0 Å². The quantitative estimate of drug-likeness (QED) is 0.683. The van der Waals surface area contributed by atoms with Crippen LogP contribution in [0, 0.1) is 0 Å². The zero-order valence-electron chi connectivity index (χ0n) is 8.40. The second kappa shape index (κ2) is 4.39. The molecular formula is C9H6N5O3-. The van der Waals surface area contributed by atoms with Crippen LogP contribution in [0.2, 0.25) is 0 Å². The van der Waals surface area contributed by atoms with Crippen LogP contribution in [0.5, 0.6) is 0 Å². The van der Waals surface area contributed by atoms with Gasteiger partial charge in [-0.3, -0.25) is 15.2 Å². The van der Waals surface area contributed by atoms with Crippen molar-refractivity contribution in [1.29, 1.82) is 0 Å². The molecule has 0 bridgehead atoms. The van der Waals surface area contributed by atoms with E-state index in [0.717, 1.165) is 0 Å². The molecule has 17 heavy (non-hydrogen) atoms. The van der Waals surface area contributed by atoms with E-state index >= 15 is 0 Å². The first kappa shape index (κ1) is 10.7. The van der Waals surface area contributed by atoms with Crippen LogP contribution in [0.3, 0.4) is 0 Å². The molecule has 2 rings (SSSR count). The lowest BCUT2D eigenvalue weighted by Crippen LogP contribution is -2.29. The SMILES string of the molecule is O=C([O-])c1cccnc1C(=O)Nn1cnnc1. The van der Waals surface area contributed by atoms with Gasteiger partial charge in [-0.1, -0.05) is 0 Å². The Hall–Kier alpha value is -2.77. The predicted octanol–water partition coefficient (Wildman–Crippen LogP) is -1.58. The van der Waals surface area contributed by atoms with Gasteiger partial charge in [0.2, 0.25) is 0 Å². The molecule has 0 aliphatic carbocycles. The fourth-order valence-corrected chi connectivity index (χ4v) is 1.18. The highest BCUT2D eigenvalue weighted by atomic mass is 16.4. The van der Waals surface area contributed by atoms with Crippen molar-refractivity contribution in [2.75, 3.05) is 5.43 Å². The van der Waals surface area contributed by atoms with Gasteiger partial charge in [0.05, 0.1) is 5.97 Å².